The number of thioether (sulfide) groups is 1. The molecule has 1 saturated heterocycles. The maximum absolute atomic E-state index is 12.5. The van der Waals surface area contributed by atoms with Gasteiger partial charge in [0.1, 0.15) is 5.75 Å². The Morgan fingerprint density at radius 1 is 1.04 bits per heavy atom. The number of aromatic hydroxyl groups is 3. The summed E-state index contributed by atoms with van der Waals surface area (Å²) < 4.78 is 0.356. The standard InChI is InChI=1S/C16H11NO4S2/c18-11-3-1-2-10(8-11)17-15(21)14(23-16(17)22)7-9-4-5-12(19)13(20)6-9/h1-8,18-20H. The first-order valence-electron chi connectivity index (χ1n) is 6.54. The number of phenols is 3. The Balaban J connectivity index is 1.94. The first kappa shape index (κ1) is 15.4. The Kier molecular flexibility index (Phi) is 3.97. The van der Waals surface area contributed by atoms with E-state index in [9.17, 15) is 20.1 Å². The van der Waals surface area contributed by atoms with Crippen LogP contribution in [0.3, 0.4) is 0 Å². The highest BCUT2D eigenvalue weighted by Crippen LogP contribution is 2.37. The SMILES string of the molecule is O=C1C(=Cc2ccc(O)c(O)c2)SC(=S)N1c1cccc(O)c1. The van der Waals surface area contributed by atoms with Crippen LogP contribution >= 0.6 is 24.0 Å². The van der Waals surface area contributed by atoms with Crippen molar-refractivity contribution in [3.63, 3.8) is 0 Å². The Hall–Kier alpha value is -2.51. The topological polar surface area (TPSA) is 81.0 Å². The van der Waals surface area contributed by atoms with Crippen LogP contribution in [0.5, 0.6) is 17.2 Å². The fraction of sp³-hybridized carbons (Fsp3) is 0. The van der Waals surface area contributed by atoms with E-state index in [1.165, 1.54) is 29.2 Å². The lowest BCUT2D eigenvalue weighted by Crippen LogP contribution is -2.27. The van der Waals surface area contributed by atoms with E-state index in [2.05, 4.69) is 0 Å². The minimum atomic E-state index is -0.307. The van der Waals surface area contributed by atoms with Crippen LogP contribution in [0.25, 0.3) is 6.08 Å². The Bertz CT molecular complexity index is 848. The van der Waals surface area contributed by atoms with Gasteiger partial charge in [-0.2, -0.15) is 0 Å². The maximum atomic E-state index is 12.5. The molecule has 0 atom stereocenters. The van der Waals surface area contributed by atoms with E-state index in [4.69, 9.17) is 12.2 Å². The van der Waals surface area contributed by atoms with Crippen molar-refractivity contribution in [2.24, 2.45) is 0 Å². The lowest BCUT2D eigenvalue weighted by Gasteiger charge is -2.14. The van der Waals surface area contributed by atoms with Gasteiger partial charge in [-0.3, -0.25) is 9.69 Å². The summed E-state index contributed by atoms with van der Waals surface area (Å²) in [5.41, 5.74) is 1.06. The molecule has 2 aromatic carbocycles. The van der Waals surface area contributed by atoms with E-state index in [0.29, 0.717) is 20.5 Å². The van der Waals surface area contributed by atoms with E-state index < -0.39 is 0 Å². The third kappa shape index (κ3) is 3.01. The number of carbonyl (C=O) groups is 1. The van der Waals surface area contributed by atoms with Crippen molar-refractivity contribution < 1.29 is 20.1 Å². The molecular weight excluding hydrogens is 334 g/mol. The van der Waals surface area contributed by atoms with Crippen LogP contribution in [0, 0.1) is 0 Å². The summed E-state index contributed by atoms with van der Waals surface area (Å²) in [4.78, 5) is 14.3. The van der Waals surface area contributed by atoms with Gasteiger partial charge >= 0.3 is 0 Å². The zero-order valence-electron chi connectivity index (χ0n) is 11.6. The molecule has 0 spiro atoms. The minimum absolute atomic E-state index is 0.0454. The van der Waals surface area contributed by atoms with Crippen molar-refractivity contribution in [1.82, 2.24) is 0 Å². The number of phenolic OH excluding ortho intramolecular Hbond substituents is 3. The van der Waals surface area contributed by atoms with Crippen LogP contribution < -0.4 is 4.90 Å². The molecule has 7 heteroatoms. The van der Waals surface area contributed by atoms with E-state index in [0.717, 1.165) is 11.8 Å². The zero-order valence-corrected chi connectivity index (χ0v) is 13.3. The predicted molar refractivity (Wildman–Crippen MR) is 93.5 cm³/mol. The molecule has 1 fully saturated rings. The molecule has 3 N–H and O–H groups in total. The van der Waals surface area contributed by atoms with Crippen LogP contribution in [0.4, 0.5) is 5.69 Å². The Morgan fingerprint density at radius 2 is 1.83 bits per heavy atom. The molecular formula is C16H11NO4S2. The fourth-order valence-corrected chi connectivity index (χ4v) is 3.40. The second-order valence-corrected chi connectivity index (χ2v) is 6.46. The van der Waals surface area contributed by atoms with E-state index in [-0.39, 0.29) is 23.2 Å². The lowest BCUT2D eigenvalue weighted by atomic mass is 10.2. The fourth-order valence-electron chi connectivity index (χ4n) is 2.10. The van der Waals surface area contributed by atoms with Crippen molar-refractivity contribution in [2.75, 3.05) is 4.90 Å². The number of thiocarbonyl (C=S) groups is 1. The number of anilines is 1. The third-order valence-electron chi connectivity index (χ3n) is 3.18. The number of hydrogen-bond acceptors (Lipinski definition) is 6. The first-order valence-corrected chi connectivity index (χ1v) is 7.77. The number of rotatable bonds is 2. The Labute approximate surface area is 141 Å². The van der Waals surface area contributed by atoms with Gasteiger partial charge in [-0.25, -0.2) is 0 Å². The van der Waals surface area contributed by atoms with E-state index in [1.54, 1.807) is 24.3 Å². The maximum Gasteiger partial charge on any atom is 0.270 e. The molecule has 1 aliphatic rings. The van der Waals surface area contributed by atoms with Crippen LogP contribution in [0.2, 0.25) is 0 Å². The van der Waals surface area contributed by atoms with Gasteiger partial charge in [-0.1, -0.05) is 36.1 Å². The number of hydrogen-bond donors (Lipinski definition) is 3. The predicted octanol–water partition coefficient (Wildman–Crippen LogP) is 3.21. The molecule has 0 radical (unpaired) electrons. The quantitative estimate of drug-likeness (QED) is 0.441. The highest BCUT2D eigenvalue weighted by atomic mass is 32.2. The van der Waals surface area contributed by atoms with E-state index in [1.807, 2.05) is 0 Å². The molecule has 2 aromatic rings. The molecule has 116 valence electrons. The largest absolute Gasteiger partial charge is 0.508 e. The molecule has 0 saturated carbocycles. The third-order valence-corrected chi connectivity index (χ3v) is 4.48. The van der Waals surface area contributed by atoms with Crippen molar-refractivity contribution in [2.45, 2.75) is 0 Å². The van der Waals surface area contributed by atoms with E-state index >= 15 is 0 Å². The molecule has 1 aliphatic heterocycles. The van der Waals surface area contributed by atoms with Gasteiger partial charge in [0.05, 0.1) is 10.6 Å². The second-order valence-electron chi connectivity index (χ2n) is 4.79. The highest BCUT2D eigenvalue weighted by molar-refractivity contribution is 8.27. The summed E-state index contributed by atoms with van der Waals surface area (Å²) in [6, 6.07) is 10.6. The Morgan fingerprint density at radius 3 is 2.52 bits per heavy atom. The number of benzene rings is 2. The van der Waals surface area contributed by atoms with Crippen molar-refractivity contribution in [3.8, 4) is 17.2 Å². The smallest absolute Gasteiger partial charge is 0.270 e. The van der Waals surface area contributed by atoms with Crippen LogP contribution in [0.15, 0.2) is 47.4 Å². The molecule has 0 bridgehead atoms. The number of amides is 1. The summed E-state index contributed by atoms with van der Waals surface area (Å²) in [6.45, 7) is 0. The highest BCUT2D eigenvalue weighted by Gasteiger charge is 2.33. The second kappa shape index (κ2) is 5.94. The van der Waals surface area contributed by atoms with Gasteiger partial charge in [0, 0.05) is 6.07 Å². The average Bonchev–Trinajstić information content (AvgIpc) is 2.77. The molecule has 0 aliphatic carbocycles. The molecule has 23 heavy (non-hydrogen) atoms. The van der Waals surface area contributed by atoms with Crippen molar-refractivity contribution in [3.05, 3.63) is 52.9 Å². The molecule has 0 unspecified atom stereocenters. The molecule has 1 heterocycles. The summed E-state index contributed by atoms with van der Waals surface area (Å²) >= 11 is 6.37. The number of carbonyl (C=O) groups excluding carboxylic acids is 1. The van der Waals surface area contributed by atoms with Crippen LogP contribution in [-0.2, 0) is 4.79 Å². The summed E-state index contributed by atoms with van der Waals surface area (Å²) in [6.07, 6.45) is 1.58. The first-order chi connectivity index (χ1) is 11.0. The van der Waals surface area contributed by atoms with Gasteiger partial charge in [-0.15, -0.1) is 0 Å². The monoisotopic (exact) mass is 345 g/mol. The van der Waals surface area contributed by atoms with Gasteiger partial charge in [0.25, 0.3) is 5.91 Å². The normalized spacial score (nSPS) is 16.3. The van der Waals surface area contributed by atoms with Crippen molar-refractivity contribution >= 4 is 46.0 Å². The van der Waals surface area contributed by atoms with Gasteiger partial charge in [0.15, 0.2) is 15.8 Å². The lowest BCUT2D eigenvalue weighted by molar-refractivity contribution is -0.113. The molecule has 3 rings (SSSR count). The average molecular weight is 345 g/mol. The zero-order chi connectivity index (χ0) is 16.6. The van der Waals surface area contributed by atoms with Gasteiger partial charge in [0.2, 0.25) is 0 Å². The van der Waals surface area contributed by atoms with Gasteiger partial charge < -0.3 is 15.3 Å². The molecule has 5 nitrogen and oxygen atoms in total. The molecule has 1 amide bonds. The van der Waals surface area contributed by atoms with Crippen LogP contribution in [0.1, 0.15) is 5.56 Å². The summed E-state index contributed by atoms with van der Waals surface area (Å²) in [7, 11) is 0. The summed E-state index contributed by atoms with van der Waals surface area (Å²) in [5, 5.41) is 28.4. The van der Waals surface area contributed by atoms with Crippen molar-refractivity contribution in [1.29, 1.82) is 0 Å². The van der Waals surface area contributed by atoms with Gasteiger partial charge in [-0.05, 0) is 35.9 Å². The molecule has 0 aromatic heterocycles. The van der Waals surface area contributed by atoms with Crippen LogP contribution in [-0.4, -0.2) is 25.5 Å². The number of nitrogens with zero attached hydrogens (tertiary/aromatic N) is 1. The minimum Gasteiger partial charge on any atom is -0.508 e. The summed E-state index contributed by atoms with van der Waals surface area (Å²) in [5.74, 6) is -0.751.